The van der Waals surface area contributed by atoms with Gasteiger partial charge in [0.2, 0.25) is 5.91 Å². The molecular formula is C20H23FN2O2. The normalized spacial score (nSPS) is 19.0. The summed E-state index contributed by atoms with van der Waals surface area (Å²) in [7, 11) is 0. The van der Waals surface area contributed by atoms with Gasteiger partial charge in [0, 0.05) is 18.2 Å². The average Bonchev–Trinajstić information content (AvgIpc) is 3.02. The molecule has 1 saturated heterocycles. The Kier molecular flexibility index (Phi) is 5.46. The summed E-state index contributed by atoms with van der Waals surface area (Å²) in [5, 5.41) is 10.5. The molecule has 0 saturated carbocycles. The lowest BCUT2D eigenvalue weighted by molar-refractivity contribution is 0.1000. The van der Waals surface area contributed by atoms with Crippen molar-refractivity contribution in [3.8, 4) is 0 Å². The number of rotatable bonds is 6. The van der Waals surface area contributed by atoms with Crippen LogP contribution in [0.1, 0.15) is 46.9 Å². The quantitative estimate of drug-likeness (QED) is 0.848. The van der Waals surface area contributed by atoms with Gasteiger partial charge in [-0.25, -0.2) is 4.39 Å². The highest BCUT2D eigenvalue weighted by Crippen LogP contribution is 2.28. The fourth-order valence-electron chi connectivity index (χ4n) is 3.51. The van der Waals surface area contributed by atoms with E-state index in [1.807, 2.05) is 18.2 Å². The number of nitrogens with zero attached hydrogens (tertiary/aromatic N) is 1. The summed E-state index contributed by atoms with van der Waals surface area (Å²) in [4.78, 5) is 13.7. The zero-order valence-electron chi connectivity index (χ0n) is 14.1. The monoisotopic (exact) mass is 342 g/mol. The first-order valence-electron chi connectivity index (χ1n) is 8.59. The number of hydrogen-bond donors (Lipinski definition) is 2. The van der Waals surface area contributed by atoms with Crippen molar-refractivity contribution in [3.63, 3.8) is 0 Å². The molecule has 0 aromatic heterocycles. The zero-order chi connectivity index (χ0) is 17.8. The first-order chi connectivity index (χ1) is 12.0. The number of likely N-dealkylation sites (tertiary alicyclic amines) is 1. The predicted octanol–water partition coefficient (Wildman–Crippen LogP) is 3.01. The number of carbonyl (C=O) groups excluding carboxylic acids is 1. The van der Waals surface area contributed by atoms with Crippen LogP contribution in [0.5, 0.6) is 0 Å². The van der Waals surface area contributed by atoms with Crippen LogP contribution in [0.4, 0.5) is 4.39 Å². The lowest BCUT2D eigenvalue weighted by atomic mass is 10.00. The van der Waals surface area contributed by atoms with Crippen molar-refractivity contribution < 1.29 is 14.3 Å². The second kappa shape index (κ2) is 7.76. The summed E-state index contributed by atoms with van der Waals surface area (Å²) in [6, 6.07) is 13.6. The van der Waals surface area contributed by atoms with Crippen LogP contribution < -0.4 is 5.73 Å². The summed E-state index contributed by atoms with van der Waals surface area (Å²) in [5.74, 6) is -0.723. The molecule has 0 radical (unpaired) electrons. The zero-order valence-corrected chi connectivity index (χ0v) is 14.1. The maximum absolute atomic E-state index is 13.0. The highest BCUT2D eigenvalue weighted by atomic mass is 19.1. The number of aliphatic hydroxyl groups is 1. The van der Waals surface area contributed by atoms with E-state index in [0.717, 1.165) is 37.1 Å². The van der Waals surface area contributed by atoms with Crippen LogP contribution in [-0.4, -0.2) is 28.5 Å². The van der Waals surface area contributed by atoms with Crippen molar-refractivity contribution in [2.75, 3.05) is 6.54 Å². The van der Waals surface area contributed by atoms with Gasteiger partial charge in [-0.3, -0.25) is 9.69 Å². The smallest absolute Gasteiger partial charge is 0.248 e. The van der Waals surface area contributed by atoms with Gasteiger partial charge < -0.3 is 10.8 Å². The summed E-state index contributed by atoms with van der Waals surface area (Å²) in [6.07, 6.45) is 2.11. The van der Waals surface area contributed by atoms with Crippen molar-refractivity contribution in [3.05, 3.63) is 71.0 Å². The van der Waals surface area contributed by atoms with E-state index in [0.29, 0.717) is 12.0 Å². The molecule has 1 amide bonds. The molecule has 0 bridgehead atoms. The molecule has 1 aliphatic heterocycles. The summed E-state index contributed by atoms with van der Waals surface area (Å²) in [5.41, 5.74) is 7.64. The Balaban J connectivity index is 1.65. The molecule has 0 spiro atoms. The minimum Gasteiger partial charge on any atom is -0.388 e. The highest BCUT2D eigenvalue weighted by molar-refractivity contribution is 5.92. The van der Waals surface area contributed by atoms with Crippen LogP contribution in [0.15, 0.2) is 48.5 Å². The number of hydrogen-bond acceptors (Lipinski definition) is 3. The van der Waals surface area contributed by atoms with Gasteiger partial charge in [0.1, 0.15) is 5.82 Å². The largest absolute Gasteiger partial charge is 0.388 e. The minimum atomic E-state index is -0.608. The van der Waals surface area contributed by atoms with E-state index in [4.69, 9.17) is 5.73 Å². The Morgan fingerprint density at radius 1 is 1.28 bits per heavy atom. The van der Waals surface area contributed by atoms with Crippen LogP contribution >= 0.6 is 0 Å². The molecule has 2 atom stereocenters. The second-order valence-corrected chi connectivity index (χ2v) is 6.63. The lowest BCUT2D eigenvalue weighted by Gasteiger charge is -2.26. The summed E-state index contributed by atoms with van der Waals surface area (Å²) >= 11 is 0. The van der Waals surface area contributed by atoms with Gasteiger partial charge in [0.05, 0.1) is 6.10 Å². The van der Waals surface area contributed by atoms with Gasteiger partial charge in [0.15, 0.2) is 0 Å². The predicted molar refractivity (Wildman–Crippen MR) is 94.4 cm³/mol. The van der Waals surface area contributed by atoms with Gasteiger partial charge in [0.25, 0.3) is 0 Å². The fraction of sp³-hybridized carbons (Fsp3) is 0.350. The van der Waals surface area contributed by atoms with Gasteiger partial charge >= 0.3 is 0 Å². The first-order valence-corrected chi connectivity index (χ1v) is 8.59. The SMILES string of the molecule is NC(=O)c1cccc(CN2CCCC2CC(O)c2ccc(F)cc2)c1. The molecule has 2 aromatic rings. The third kappa shape index (κ3) is 4.44. The molecule has 2 unspecified atom stereocenters. The Morgan fingerprint density at radius 2 is 2.04 bits per heavy atom. The second-order valence-electron chi connectivity index (χ2n) is 6.63. The Hall–Kier alpha value is -2.24. The van der Waals surface area contributed by atoms with Gasteiger partial charge in [-0.15, -0.1) is 0 Å². The van der Waals surface area contributed by atoms with Crippen molar-refractivity contribution in [2.45, 2.75) is 38.0 Å². The van der Waals surface area contributed by atoms with Gasteiger partial charge in [-0.1, -0.05) is 24.3 Å². The third-order valence-electron chi connectivity index (χ3n) is 4.85. The number of nitrogens with two attached hydrogens (primary N) is 1. The number of aliphatic hydroxyl groups excluding tert-OH is 1. The fourth-order valence-corrected chi connectivity index (χ4v) is 3.51. The Labute approximate surface area is 147 Å². The molecule has 4 nitrogen and oxygen atoms in total. The number of benzene rings is 2. The number of amides is 1. The van der Waals surface area contributed by atoms with Crippen LogP contribution in [-0.2, 0) is 6.54 Å². The maximum atomic E-state index is 13.0. The Morgan fingerprint density at radius 3 is 2.76 bits per heavy atom. The third-order valence-corrected chi connectivity index (χ3v) is 4.85. The minimum absolute atomic E-state index is 0.261. The van der Waals surface area contributed by atoms with Crippen molar-refractivity contribution >= 4 is 5.91 Å². The maximum Gasteiger partial charge on any atom is 0.248 e. The van der Waals surface area contributed by atoms with Crippen LogP contribution in [0, 0.1) is 5.82 Å². The van der Waals surface area contributed by atoms with E-state index in [-0.39, 0.29) is 11.9 Å². The van der Waals surface area contributed by atoms with E-state index in [9.17, 15) is 14.3 Å². The van der Waals surface area contributed by atoms with Crippen LogP contribution in [0.2, 0.25) is 0 Å². The van der Waals surface area contributed by atoms with E-state index in [1.165, 1.54) is 12.1 Å². The lowest BCUT2D eigenvalue weighted by Crippen LogP contribution is -2.30. The topological polar surface area (TPSA) is 66.6 Å². The van der Waals surface area contributed by atoms with Crippen molar-refractivity contribution in [1.29, 1.82) is 0 Å². The van der Waals surface area contributed by atoms with Crippen LogP contribution in [0.25, 0.3) is 0 Å². The molecule has 1 fully saturated rings. The molecule has 1 aliphatic rings. The molecule has 1 heterocycles. The Bertz CT molecular complexity index is 733. The van der Waals surface area contributed by atoms with Crippen LogP contribution in [0.3, 0.4) is 0 Å². The van der Waals surface area contributed by atoms with E-state index in [1.54, 1.807) is 18.2 Å². The highest BCUT2D eigenvalue weighted by Gasteiger charge is 2.27. The molecule has 0 aliphatic carbocycles. The van der Waals surface area contributed by atoms with Gasteiger partial charge in [-0.2, -0.15) is 0 Å². The van der Waals surface area contributed by atoms with E-state index < -0.39 is 12.0 Å². The molecule has 25 heavy (non-hydrogen) atoms. The molecule has 2 aromatic carbocycles. The molecule has 132 valence electrons. The van der Waals surface area contributed by atoms with E-state index in [2.05, 4.69) is 4.90 Å². The van der Waals surface area contributed by atoms with Crippen molar-refractivity contribution in [2.24, 2.45) is 5.73 Å². The number of primary amides is 1. The average molecular weight is 342 g/mol. The molecular weight excluding hydrogens is 319 g/mol. The standard InChI is InChI=1S/C20H23FN2O2/c21-17-8-6-15(7-9-17)19(24)12-18-5-2-10-23(18)13-14-3-1-4-16(11-14)20(22)25/h1,3-4,6-9,11,18-19,24H,2,5,10,12-13H2,(H2,22,25). The molecule has 3 N–H and O–H groups in total. The first kappa shape index (κ1) is 17.6. The number of carbonyl (C=O) groups is 1. The summed E-state index contributed by atoms with van der Waals surface area (Å²) < 4.78 is 13.0. The van der Waals surface area contributed by atoms with Gasteiger partial charge in [-0.05, 0) is 61.2 Å². The van der Waals surface area contributed by atoms with E-state index >= 15 is 0 Å². The van der Waals surface area contributed by atoms with Crippen molar-refractivity contribution in [1.82, 2.24) is 4.90 Å². The molecule has 5 heteroatoms. The molecule has 3 rings (SSSR count). The summed E-state index contributed by atoms with van der Waals surface area (Å²) in [6.45, 7) is 1.68. The number of halogens is 1.